The zero-order valence-electron chi connectivity index (χ0n) is 13.5. The van der Waals surface area contributed by atoms with Crippen LogP contribution >= 0.6 is 12.4 Å². The Bertz CT molecular complexity index is 783. The number of fused-ring (bicyclic) bond motifs is 1. The van der Waals surface area contributed by atoms with E-state index in [9.17, 15) is 9.59 Å². The third kappa shape index (κ3) is 2.93. The zero-order chi connectivity index (χ0) is 15.9. The molecule has 130 valence electrons. The number of hydrogen-bond acceptors (Lipinski definition) is 4. The van der Waals surface area contributed by atoms with Gasteiger partial charge in [-0.3, -0.25) is 9.20 Å². The Labute approximate surface area is 146 Å². The van der Waals surface area contributed by atoms with Crippen LogP contribution in [-0.4, -0.2) is 51.2 Å². The van der Waals surface area contributed by atoms with Gasteiger partial charge in [-0.25, -0.2) is 9.48 Å². The van der Waals surface area contributed by atoms with Crippen molar-refractivity contribution in [2.75, 3.05) is 26.2 Å². The molecule has 0 aliphatic carbocycles. The number of halogens is 1. The molecule has 2 saturated heterocycles. The molecule has 0 bridgehead atoms. The van der Waals surface area contributed by atoms with Gasteiger partial charge in [0.1, 0.15) is 6.54 Å². The predicted molar refractivity (Wildman–Crippen MR) is 92.4 cm³/mol. The standard InChI is InChI=1S/C16H21N5O2.ClH/c22-14(19-9-5-16(6-10-19)4-7-17-12-16)11-21-15(23)20-8-2-1-3-13(20)18-21;/h1-3,8,17H,4-7,9-12H2;1H. The van der Waals surface area contributed by atoms with Crippen molar-refractivity contribution in [2.45, 2.75) is 25.8 Å². The lowest BCUT2D eigenvalue weighted by molar-refractivity contribution is -0.134. The van der Waals surface area contributed by atoms with Gasteiger partial charge >= 0.3 is 5.69 Å². The second kappa shape index (κ2) is 6.57. The number of likely N-dealkylation sites (tertiary alicyclic amines) is 1. The van der Waals surface area contributed by atoms with Crippen LogP contribution in [0.25, 0.3) is 5.65 Å². The normalized spacial score (nSPS) is 19.6. The molecule has 4 rings (SSSR count). The Balaban J connectivity index is 0.00000169. The Morgan fingerprint density at radius 3 is 2.71 bits per heavy atom. The van der Waals surface area contributed by atoms with Crippen LogP contribution in [0.5, 0.6) is 0 Å². The van der Waals surface area contributed by atoms with Crippen molar-refractivity contribution in [1.82, 2.24) is 24.4 Å². The molecule has 0 saturated carbocycles. The molecule has 8 heteroatoms. The highest BCUT2D eigenvalue weighted by Gasteiger charge is 2.38. The van der Waals surface area contributed by atoms with Crippen molar-refractivity contribution < 1.29 is 4.79 Å². The van der Waals surface area contributed by atoms with E-state index in [1.54, 1.807) is 18.3 Å². The van der Waals surface area contributed by atoms with E-state index in [0.29, 0.717) is 11.1 Å². The number of amides is 1. The fourth-order valence-corrected chi connectivity index (χ4v) is 3.75. The molecular formula is C16H22ClN5O2. The molecule has 0 atom stereocenters. The summed E-state index contributed by atoms with van der Waals surface area (Å²) in [5.74, 6) is -0.0173. The third-order valence-corrected chi connectivity index (χ3v) is 5.28. The van der Waals surface area contributed by atoms with Gasteiger partial charge in [0.05, 0.1) is 0 Å². The highest BCUT2D eigenvalue weighted by atomic mass is 35.5. The van der Waals surface area contributed by atoms with Gasteiger partial charge in [0.25, 0.3) is 0 Å². The van der Waals surface area contributed by atoms with Crippen molar-refractivity contribution in [1.29, 1.82) is 0 Å². The fourth-order valence-electron chi connectivity index (χ4n) is 3.75. The summed E-state index contributed by atoms with van der Waals surface area (Å²) in [6.45, 7) is 3.74. The summed E-state index contributed by atoms with van der Waals surface area (Å²) < 4.78 is 2.72. The summed E-state index contributed by atoms with van der Waals surface area (Å²) in [4.78, 5) is 26.6. The van der Waals surface area contributed by atoms with Crippen LogP contribution in [0, 0.1) is 5.41 Å². The molecule has 2 aromatic heterocycles. The highest BCUT2D eigenvalue weighted by Crippen LogP contribution is 2.36. The van der Waals surface area contributed by atoms with E-state index in [4.69, 9.17) is 0 Å². The summed E-state index contributed by atoms with van der Waals surface area (Å²) in [5.41, 5.74) is 0.693. The Morgan fingerprint density at radius 2 is 2.04 bits per heavy atom. The van der Waals surface area contributed by atoms with Crippen molar-refractivity contribution in [3.63, 3.8) is 0 Å². The number of hydrogen-bond donors (Lipinski definition) is 1. The summed E-state index contributed by atoms with van der Waals surface area (Å²) in [5, 5.41) is 7.66. The van der Waals surface area contributed by atoms with Crippen LogP contribution in [0.2, 0.25) is 0 Å². The molecule has 4 heterocycles. The number of nitrogens with zero attached hydrogens (tertiary/aromatic N) is 4. The van der Waals surface area contributed by atoms with Crippen LogP contribution in [0.4, 0.5) is 0 Å². The molecule has 0 radical (unpaired) electrons. The maximum absolute atomic E-state index is 12.5. The SMILES string of the molecule is Cl.O=C(Cn1nc2ccccn2c1=O)N1CCC2(CCNC2)CC1. The molecule has 1 spiro atoms. The fraction of sp³-hybridized carbons (Fsp3) is 0.562. The topological polar surface area (TPSA) is 71.6 Å². The Morgan fingerprint density at radius 1 is 1.25 bits per heavy atom. The van der Waals surface area contributed by atoms with E-state index in [2.05, 4.69) is 10.4 Å². The summed E-state index contributed by atoms with van der Waals surface area (Å²) in [6.07, 6.45) is 4.97. The Hall–Kier alpha value is -1.86. The quantitative estimate of drug-likeness (QED) is 0.856. The smallest absolute Gasteiger partial charge is 0.341 e. The lowest BCUT2D eigenvalue weighted by atomic mass is 9.78. The minimum atomic E-state index is -0.262. The van der Waals surface area contributed by atoms with E-state index in [0.717, 1.165) is 39.0 Å². The van der Waals surface area contributed by atoms with Crippen LogP contribution in [-0.2, 0) is 11.3 Å². The minimum absolute atomic E-state index is 0. The van der Waals surface area contributed by atoms with Crippen molar-refractivity contribution in [2.24, 2.45) is 5.41 Å². The van der Waals surface area contributed by atoms with Crippen molar-refractivity contribution in [3.05, 3.63) is 34.9 Å². The van der Waals surface area contributed by atoms with Crippen molar-refractivity contribution in [3.8, 4) is 0 Å². The molecule has 1 amide bonds. The second-order valence-electron chi connectivity index (χ2n) is 6.68. The van der Waals surface area contributed by atoms with Gasteiger partial charge in [-0.2, -0.15) is 0 Å². The first-order chi connectivity index (χ1) is 11.2. The molecule has 7 nitrogen and oxygen atoms in total. The third-order valence-electron chi connectivity index (χ3n) is 5.28. The molecule has 2 fully saturated rings. The van der Waals surface area contributed by atoms with Gasteiger partial charge in [0, 0.05) is 25.8 Å². The van der Waals surface area contributed by atoms with Crippen molar-refractivity contribution >= 4 is 24.0 Å². The molecule has 2 aliphatic heterocycles. The average molecular weight is 352 g/mol. The number of nitrogens with one attached hydrogen (secondary N) is 1. The maximum Gasteiger partial charge on any atom is 0.350 e. The molecular weight excluding hydrogens is 330 g/mol. The second-order valence-corrected chi connectivity index (χ2v) is 6.68. The summed E-state index contributed by atoms with van der Waals surface area (Å²) in [6, 6.07) is 5.37. The lowest BCUT2D eigenvalue weighted by Gasteiger charge is -2.38. The summed E-state index contributed by atoms with van der Waals surface area (Å²) >= 11 is 0. The molecule has 1 N–H and O–H groups in total. The number of carbonyl (C=O) groups excluding carboxylic acids is 1. The van der Waals surface area contributed by atoms with Crippen LogP contribution in [0.3, 0.4) is 0 Å². The molecule has 2 aliphatic rings. The number of pyridine rings is 1. The van der Waals surface area contributed by atoms with Crippen LogP contribution in [0.1, 0.15) is 19.3 Å². The number of rotatable bonds is 2. The zero-order valence-corrected chi connectivity index (χ0v) is 14.3. The lowest BCUT2D eigenvalue weighted by Crippen LogP contribution is -2.45. The van der Waals surface area contributed by atoms with E-state index >= 15 is 0 Å². The highest BCUT2D eigenvalue weighted by molar-refractivity contribution is 5.85. The number of carbonyl (C=O) groups is 1. The van der Waals surface area contributed by atoms with E-state index in [1.165, 1.54) is 15.5 Å². The van der Waals surface area contributed by atoms with E-state index in [1.807, 2.05) is 11.0 Å². The van der Waals surface area contributed by atoms with Gasteiger partial charge in [0.2, 0.25) is 5.91 Å². The number of piperidine rings is 1. The number of aromatic nitrogens is 3. The first kappa shape index (κ1) is 17.0. The van der Waals surface area contributed by atoms with Gasteiger partial charge in [-0.05, 0) is 43.4 Å². The first-order valence-corrected chi connectivity index (χ1v) is 8.20. The molecule has 24 heavy (non-hydrogen) atoms. The average Bonchev–Trinajstić information content (AvgIpc) is 3.14. The molecule has 0 unspecified atom stereocenters. The van der Waals surface area contributed by atoms with Crippen LogP contribution in [0.15, 0.2) is 29.2 Å². The monoisotopic (exact) mass is 351 g/mol. The molecule has 2 aromatic rings. The van der Waals surface area contributed by atoms with Crippen LogP contribution < -0.4 is 11.0 Å². The Kier molecular flexibility index (Phi) is 4.64. The molecule has 0 aromatic carbocycles. The van der Waals surface area contributed by atoms with Gasteiger partial charge in [0.15, 0.2) is 5.65 Å². The van der Waals surface area contributed by atoms with Gasteiger partial charge in [-0.1, -0.05) is 6.07 Å². The largest absolute Gasteiger partial charge is 0.350 e. The minimum Gasteiger partial charge on any atom is -0.341 e. The van der Waals surface area contributed by atoms with Gasteiger partial charge < -0.3 is 10.2 Å². The van der Waals surface area contributed by atoms with Gasteiger partial charge in [-0.15, -0.1) is 17.5 Å². The van der Waals surface area contributed by atoms with E-state index in [-0.39, 0.29) is 30.5 Å². The maximum atomic E-state index is 12.5. The van der Waals surface area contributed by atoms with E-state index < -0.39 is 0 Å². The predicted octanol–water partition coefficient (Wildman–Crippen LogP) is 0.520. The first-order valence-electron chi connectivity index (χ1n) is 8.20. The summed E-state index contributed by atoms with van der Waals surface area (Å²) in [7, 11) is 0.